The van der Waals surface area contributed by atoms with Crippen LogP contribution in [0.4, 0.5) is 0 Å². The Hall–Kier alpha value is -2.50. The van der Waals surface area contributed by atoms with Crippen LogP contribution in [0.1, 0.15) is 12.5 Å². The van der Waals surface area contributed by atoms with Gasteiger partial charge in [0.15, 0.2) is 11.5 Å². The first kappa shape index (κ1) is 12.9. The van der Waals surface area contributed by atoms with Crippen molar-refractivity contribution in [1.82, 2.24) is 5.32 Å². The number of carboxylic acids is 1. The van der Waals surface area contributed by atoms with Crippen molar-refractivity contribution in [2.75, 3.05) is 13.2 Å². The maximum Gasteiger partial charge on any atom is 0.352 e. The summed E-state index contributed by atoms with van der Waals surface area (Å²) in [4.78, 5) is 21.9. The number of nitrogens with one attached hydrogen (secondary N) is 1. The molecular weight excluding hydrogens is 250 g/mol. The number of carbonyl (C=O) groups is 2. The minimum atomic E-state index is -1.20. The minimum Gasteiger partial charge on any atom is -0.486 e. The van der Waals surface area contributed by atoms with E-state index in [9.17, 15) is 9.59 Å². The van der Waals surface area contributed by atoms with Crippen molar-refractivity contribution in [2.45, 2.75) is 6.92 Å². The average Bonchev–Trinajstić information content (AvgIpc) is 2.37. The van der Waals surface area contributed by atoms with Gasteiger partial charge in [0.1, 0.15) is 18.9 Å². The van der Waals surface area contributed by atoms with E-state index in [0.29, 0.717) is 30.3 Å². The second-order valence-corrected chi connectivity index (χ2v) is 3.95. The number of amides is 1. The Kier molecular flexibility index (Phi) is 3.70. The Morgan fingerprint density at radius 3 is 2.58 bits per heavy atom. The Morgan fingerprint density at radius 2 is 1.95 bits per heavy atom. The molecule has 1 amide bonds. The molecule has 0 spiro atoms. The highest BCUT2D eigenvalue weighted by Crippen LogP contribution is 2.31. The van der Waals surface area contributed by atoms with E-state index < -0.39 is 11.9 Å². The lowest BCUT2D eigenvalue weighted by atomic mass is 10.1. The van der Waals surface area contributed by atoms with Gasteiger partial charge in [-0.15, -0.1) is 0 Å². The summed E-state index contributed by atoms with van der Waals surface area (Å²) in [7, 11) is 0. The van der Waals surface area contributed by atoms with Gasteiger partial charge < -0.3 is 19.9 Å². The molecule has 1 aliphatic rings. The fraction of sp³-hybridized carbons (Fsp3) is 0.231. The lowest BCUT2D eigenvalue weighted by Crippen LogP contribution is -2.24. The Balaban J connectivity index is 2.29. The topological polar surface area (TPSA) is 84.9 Å². The number of carboxylic acid groups (broad SMARTS) is 1. The molecule has 1 aromatic carbocycles. The molecule has 1 aliphatic heterocycles. The van der Waals surface area contributed by atoms with Crippen LogP contribution in [0.15, 0.2) is 23.9 Å². The predicted molar refractivity (Wildman–Crippen MR) is 66.9 cm³/mol. The highest BCUT2D eigenvalue weighted by Gasteiger charge is 2.13. The van der Waals surface area contributed by atoms with Crippen LogP contribution in [-0.2, 0) is 9.59 Å². The SMILES string of the molecule is CC(=O)NC(=Cc1ccc2c(c1)OCCO2)C(=O)O. The van der Waals surface area contributed by atoms with E-state index in [2.05, 4.69) is 5.32 Å². The van der Waals surface area contributed by atoms with Gasteiger partial charge >= 0.3 is 5.97 Å². The van der Waals surface area contributed by atoms with E-state index >= 15 is 0 Å². The lowest BCUT2D eigenvalue weighted by Gasteiger charge is -2.18. The summed E-state index contributed by atoms with van der Waals surface area (Å²) in [5.41, 5.74) is 0.416. The number of benzene rings is 1. The van der Waals surface area contributed by atoms with Crippen molar-refractivity contribution in [3.05, 3.63) is 29.5 Å². The number of rotatable bonds is 3. The van der Waals surface area contributed by atoms with Crippen molar-refractivity contribution in [3.63, 3.8) is 0 Å². The first-order chi connectivity index (χ1) is 9.06. The quantitative estimate of drug-likeness (QED) is 0.795. The zero-order valence-corrected chi connectivity index (χ0v) is 10.3. The zero-order chi connectivity index (χ0) is 13.8. The molecule has 0 aromatic heterocycles. The molecule has 6 nitrogen and oxygen atoms in total. The summed E-state index contributed by atoms with van der Waals surface area (Å²) in [5, 5.41) is 11.2. The monoisotopic (exact) mass is 263 g/mol. The second kappa shape index (κ2) is 5.43. The van der Waals surface area contributed by atoms with Crippen LogP contribution in [0.3, 0.4) is 0 Å². The van der Waals surface area contributed by atoms with Crippen molar-refractivity contribution in [2.24, 2.45) is 0 Å². The zero-order valence-electron chi connectivity index (χ0n) is 10.3. The molecule has 0 saturated heterocycles. The first-order valence-corrected chi connectivity index (χ1v) is 5.68. The highest BCUT2D eigenvalue weighted by atomic mass is 16.6. The molecule has 0 radical (unpaired) electrons. The van der Waals surface area contributed by atoms with Crippen molar-refractivity contribution in [1.29, 1.82) is 0 Å². The van der Waals surface area contributed by atoms with E-state index in [1.165, 1.54) is 13.0 Å². The molecule has 0 atom stereocenters. The van der Waals surface area contributed by atoms with Gasteiger partial charge in [-0.05, 0) is 23.8 Å². The predicted octanol–water partition coefficient (Wildman–Crippen LogP) is 1.02. The molecule has 100 valence electrons. The summed E-state index contributed by atoms with van der Waals surface area (Å²) in [5.74, 6) is -0.455. The van der Waals surface area contributed by atoms with E-state index in [0.717, 1.165) is 0 Å². The number of aliphatic carboxylic acids is 1. The minimum absolute atomic E-state index is 0.191. The molecule has 2 N–H and O–H groups in total. The Morgan fingerprint density at radius 1 is 1.26 bits per heavy atom. The van der Waals surface area contributed by atoms with Crippen LogP contribution >= 0.6 is 0 Å². The van der Waals surface area contributed by atoms with Crippen molar-refractivity contribution < 1.29 is 24.2 Å². The molecule has 0 aliphatic carbocycles. The van der Waals surface area contributed by atoms with Gasteiger partial charge in [0.05, 0.1) is 0 Å². The van der Waals surface area contributed by atoms with Gasteiger partial charge in [0.2, 0.25) is 5.91 Å². The molecule has 2 rings (SSSR count). The molecule has 0 fully saturated rings. The molecule has 0 unspecified atom stereocenters. The first-order valence-electron chi connectivity index (χ1n) is 5.68. The number of carbonyl (C=O) groups excluding carboxylic acids is 1. The Labute approximate surface area is 109 Å². The maximum absolute atomic E-state index is 11.0. The molecule has 0 bridgehead atoms. The number of hydrogen-bond donors (Lipinski definition) is 2. The number of fused-ring (bicyclic) bond motifs is 1. The van der Waals surface area contributed by atoms with Gasteiger partial charge in [-0.1, -0.05) is 6.07 Å². The fourth-order valence-corrected chi connectivity index (χ4v) is 1.66. The van der Waals surface area contributed by atoms with E-state index in [1.54, 1.807) is 18.2 Å². The Bertz CT molecular complexity index is 550. The van der Waals surface area contributed by atoms with Crippen molar-refractivity contribution >= 4 is 18.0 Å². The molecular formula is C13H13NO5. The molecule has 0 saturated carbocycles. The summed E-state index contributed by atoms with van der Waals surface area (Å²) >= 11 is 0. The molecule has 19 heavy (non-hydrogen) atoms. The summed E-state index contributed by atoms with van der Waals surface area (Å²) in [6.45, 7) is 2.20. The van der Waals surface area contributed by atoms with Gasteiger partial charge in [0.25, 0.3) is 0 Å². The van der Waals surface area contributed by atoms with E-state index in [1.807, 2.05) is 0 Å². The van der Waals surface area contributed by atoms with Crippen LogP contribution < -0.4 is 14.8 Å². The van der Waals surface area contributed by atoms with Crippen LogP contribution in [0.25, 0.3) is 6.08 Å². The molecule has 6 heteroatoms. The van der Waals surface area contributed by atoms with Crippen LogP contribution in [0.2, 0.25) is 0 Å². The number of ether oxygens (including phenoxy) is 2. The number of hydrogen-bond acceptors (Lipinski definition) is 4. The summed E-state index contributed by atoms with van der Waals surface area (Å²) < 4.78 is 10.8. The van der Waals surface area contributed by atoms with Gasteiger partial charge in [-0.3, -0.25) is 4.79 Å². The average molecular weight is 263 g/mol. The maximum atomic E-state index is 11.0. The highest BCUT2D eigenvalue weighted by molar-refractivity contribution is 5.96. The smallest absolute Gasteiger partial charge is 0.352 e. The second-order valence-electron chi connectivity index (χ2n) is 3.95. The van der Waals surface area contributed by atoms with Crippen LogP contribution in [0.5, 0.6) is 11.5 Å². The van der Waals surface area contributed by atoms with Crippen LogP contribution in [-0.4, -0.2) is 30.2 Å². The van der Waals surface area contributed by atoms with Crippen LogP contribution in [0, 0.1) is 0 Å². The standard InChI is InChI=1S/C13H13NO5/c1-8(15)14-10(13(16)17)6-9-2-3-11-12(7-9)19-5-4-18-11/h2-3,6-7H,4-5H2,1H3,(H,14,15)(H,16,17). The normalized spacial score (nSPS) is 13.8. The molecule has 1 aromatic rings. The third kappa shape index (κ3) is 3.25. The van der Waals surface area contributed by atoms with Gasteiger partial charge in [-0.25, -0.2) is 4.79 Å². The third-order valence-electron chi connectivity index (χ3n) is 2.42. The third-order valence-corrected chi connectivity index (χ3v) is 2.42. The van der Waals surface area contributed by atoms with Crippen molar-refractivity contribution in [3.8, 4) is 11.5 Å². The molecule has 1 heterocycles. The van der Waals surface area contributed by atoms with Gasteiger partial charge in [0, 0.05) is 6.92 Å². The van der Waals surface area contributed by atoms with E-state index in [4.69, 9.17) is 14.6 Å². The largest absolute Gasteiger partial charge is 0.486 e. The van der Waals surface area contributed by atoms with E-state index in [-0.39, 0.29) is 5.70 Å². The lowest BCUT2D eigenvalue weighted by molar-refractivity contribution is -0.134. The summed E-state index contributed by atoms with van der Waals surface area (Å²) in [6.07, 6.45) is 1.36. The fourth-order valence-electron chi connectivity index (χ4n) is 1.66. The summed E-state index contributed by atoms with van der Waals surface area (Å²) in [6, 6.07) is 5.06. The van der Waals surface area contributed by atoms with Gasteiger partial charge in [-0.2, -0.15) is 0 Å².